The van der Waals surface area contributed by atoms with Gasteiger partial charge in [0.15, 0.2) is 0 Å². The first-order chi connectivity index (χ1) is 28.5. The molecule has 0 aromatic heterocycles. The number of carbonyl (C=O) groups excluding carboxylic acids is 2. The fourth-order valence-electron chi connectivity index (χ4n) is 7.37. The van der Waals surface area contributed by atoms with E-state index in [4.69, 9.17) is 4.74 Å². The smallest absolute Gasteiger partial charge is 0.306 e. The van der Waals surface area contributed by atoms with E-state index in [-0.39, 0.29) is 24.9 Å². The summed E-state index contributed by atoms with van der Waals surface area (Å²) in [6, 6.07) is -0.707. The van der Waals surface area contributed by atoms with Crippen LogP contribution in [-0.2, 0) is 14.3 Å². The zero-order chi connectivity index (χ0) is 42.4. The fraction of sp³-hybridized carbons (Fsp3) is 0.808. The van der Waals surface area contributed by atoms with Gasteiger partial charge in [-0.3, -0.25) is 9.59 Å². The number of unbranched alkanes of at least 4 members (excludes halogenated alkanes) is 24. The summed E-state index contributed by atoms with van der Waals surface area (Å²) in [6.07, 6.45) is 54.6. The second-order valence-electron chi connectivity index (χ2n) is 16.8. The zero-order valence-corrected chi connectivity index (χ0v) is 38.4. The number of hydrogen-bond acceptors (Lipinski definition) is 5. The molecule has 58 heavy (non-hydrogen) atoms. The molecule has 6 nitrogen and oxygen atoms in total. The summed E-state index contributed by atoms with van der Waals surface area (Å²) in [5.41, 5.74) is 0. The molecular weight excluding hydrogens is 719 g/mol. The van der Waals surface area contributed by atoms with Crippen LogP contribution in [0, 0.1) is 0 Å². The lowest BCUT2D eigenvalue weighted by Crippen LogP contribution is -2.46. The first-order valence-corrected chi connectivity index (χ1v) is 24.9. The highest BCUT2D eigenvalue weighted by Gasteiger charge is 2.24. The number of ether oxygens (including phenoxy) is 1. The monoisotopic (exact) mass is 814 g/mol. The molecule has 0 aliphatic heterocycles. The summed E-state index contributed by atoms with van der Waals surface area (Å²) in [7, 11) is 0. The minimum Gasteiger partial charge on any atom is -0.462 e. The number of nitrogens with one attached hydrogen (secondary N) is 1. The van der Waals surface area contributed by atoms with Gasteiger partial charge in [-0.25, -0.2) is 0 Å². The maximum Gasteiger partial charge on any atom is 0.306 e. The number of allylic oxidation sites excluding steroid dienone is 8. The van der Waals surface area contributed by atoms with Crippen molar-refractivity contribution in [3.05, 3.63) is 48.6 Å². The van der Waals surface area contributed by atoms with Crippen molar-refractivity contribution in [2.24, 2.45) is 0 Å². The van der Waals surface area contributed by atoms with Crippen LogP contribution < -0.4 is 5.32 Å². The first-order valence-electron chi connectivity index (χ1n) is 24.9. The van der Waals surface area contributed by atoms with Gasteiger partial charge in [-0.05, 0) is 77.0 Å². The Labute approximate surface area is 359 Å². The van der Waals surface area contributed by atoms with E-state index < -0.39 is 18.2 Å². The predicted octanol–water partition coefficient (Wildman–Crippen LogP) is 14.7. The Bertz CT molecular complexity index is 1000. The highest BCUT2D eigenvalue weighted by molar-refractivity contribution is 5.77. The number of esters is 1. The van der Waals surface area contributed by atoms with Crippen molar-refractivity contribution in [3.63, 3.8) is 0 Å². The summed E-state index contributed by atoms with van der Waals surface area (Å²) < 4.78 is 5.90. The van der Waals surface area contributed by atoms with E-state index in [1.54, 1.807) is 0 Å². The highest BCUT2D eigenvalue weighted by Crippen LogP contribution is 2.17. The highest BCUT2D eigenvalue weighted by atomic mass is 16.5. The fourth-order valence-corrected chi connectivity index (χ4v) is 7.37. The molecule has 0 aromatic carbocycles. The van der Waals surface area contributed by atoms with Gasteiger partial charge in [-0.1, -0.05) is 204 Å². The standard InChI is InChI=1S/C52H95NO5/c1-4-7-10-13-16-19-21-23-25-26-28-30-33-36-39-42-45-52(57)58-48(43-40-37-34-31-18-15-12-9-6-3)46-51(56)53-49(47-54)50(55)44-41-38-35-32-29-27-24-22-20-17-14-11-8-5-2/h7,10,15-16,18-19,23,25,48-50,54-55H,4-6,8-9,11-14,17,20-22,24,26-47H2,1-3H3,(H,53,56)/b10-7+,18-15-,19-16+,25-23+. The molecule has 0 heterocycles. The number of aliphatic hydroxyl groups excluding tert-OH is 2. The van der Waals surface area contributed by atoms with Gasteiger partial charge in [-0.15, -0.1) is 0 Å². The van der Waals surface area contributed by atoms with E-state index in [1.807, 2.05) is 0 Å². The van der Waals surface area contributed by atoms with Crippen molar-refractivity contribution < 1.29 is 24.5 Å². The molecule has 0 rings (SSSR count). The molecule has 0 bridgehead atoms. The second kappa shape index (κ2) is 45.9. The van der Waals surface area contributed by atoms with Crippen LogP contribution >= 0.6 is 0 Å². The summed E-state index contributed by atoms with van der Waals surface area (Å²) in [5.74, 6) is -0.504. The Morgan fingerprint density at radius 2 is 0.948 bits per heavy atom. The molecule has 0 fully saturated rings. The predicted molar refractivity (Wildman–Crippen MR) is 250 cm³/mol. The van der Waals surface area contributed by atoms with Gasteiger partial charge < -0.3 is 20.3 Å². The maximum atomic E-state index is 13.1. The normalized spacial score (nSPS) is 13.7. The maximum absolute atomic E-state index is 13.1. The van der Waals surface area contributed by atoms with Crippen LogP contribution in [-0.4, -0.2) is 46.9 Å². The summed E-state index contributed by atoms with van der Waals surface area (Å²) >= 11 is 0. The largest absolute Gasteiger partial charge is 0.462 e. The minimum absolute atomic E-state index is 0.0613. The van der Waals surface area contributed by atoms with Crippen molar-refractivity contribution in [2.75, 3.05) is 6.61 Å². The summed E-state index contributed by atoms with van der Waals surface area (Å²) in [6.45, 7) is 6.32. The van der Waals surface area contributed by atoms with Gasteiger partial charge in [0, 0.05) is 6.42 Å². The molecule has 3 atom stereocenters. The summed E-state index contributed by atoms with van der Waals surface area (Å²) in [4.78, 5) is 26.0. The zero-order valence-electron chi connectivity index (χ0n) is 38.4. The lowest BCUT2D eigenvalue weighted by Gasteiger charge is -2.24. The van der Waals surface area contributed by atoms with Gasteiger partial charge in [0.25, 0.3) is 0 Å². The molecule has 0 aromatic rings. The van der Waals surface area contributed by atoms with Gasteiger partial charge >= 0.3 is 5.97 Å². The van der Waals surface area contributed by atoms with Crippen molar-refractivity contribution in [1.29, 1.82) is 0 Å². The molecule has 0 radical (unpaired) electrons. The molecule has 0 saturated carbocycles. The van der Waals surface area contributed by atoms with Crippen LogP contribution in [0.25, 0.3) is 0 Å². The van der Waals surface area contributed by atoms with Crippen molar-refractivity contribution in [3.8, 4) is 0 Å². The van der Waals surface area contributed by atoms with E-state index in [2.05, 4.69) is 74.7 Å². The Balaban J connectivity index is 4.49. The van der Waals surface area contributed by atoms with Gasteiger partial charge in [0.1, 0.15) is 6.10 Å². The lowest BCUT2D eigenvalue weighted by molar-refractivity contribution is -0.151. The third kappa shape index (κ3) is 40.6. The van der Waals surface area contributed by atoms with Crippen LogP contribution in [0.1, 0.15) is 245 Å². The van der Waals surface area contributed by atoms with Gasteiger partial charge in [0.2, 0.25) is 5.91 Å². The van der Waals surface area contributed by atoms with E-state index in [0.29, 0.717) is 19.3 Å². The first kappa shape index (κ1) is 55.8. The number of hydrogen-bond donors (Lipinski definition) is 3. The molecule has 0 spiro atoms. The number of amides is 1. The summed E-state index contributed by atoms with van der Waals surface area (Å²) in [5, 5.41) is 23.7. The lowest BCUT2D eigenvalue weighted by atomic mass is 10.0. The van der Waals surface area contributed by atoms with Crippen molar-refractivity contribution >= 4 is 11.9 Å². The molecule has 1 amide bonds. The second-order valence-corrected chi connectivity index (χ2v) is 16.8. The third-order valence-corrected chi connectivity index (χ3v) is 11.1. The van der Waals surface area contributed by atoms with Crippen LogP contribution in [0.3, 0.4) is 0 Å². The van der Waals surface area contributed by atoms with Gasteiger partial charge in [-0.2, -0.15) is 0 Å². The molecule has 338 valence electrons. The van der Waals surface area contributed by atoms with E-state index in [1.165, 1.54) is 103 Å². The molecule has 3 unspecified atom stereocenters. The molecule has 0 aliphatic rings. The number of carbonyl (C=O) groups is 2. The molecule has 0 saturated heterocycles. The van der Waals surface area contributed by atoms with Crippen molar-refractivity contribution in [1.82, 2.24) is 5.32 Å². The molecular formula is C52H95NO5. The van der Waals surface area contributed by atoms with E-state index in [0.717, 1.165) is 96.3 Å². The number of aliphatic hydroxyl groups is 2. The molecule has 3 N–H and O–H groups in total. The third-order valence-electron chi connectivity index (χ3n) is 11.1. The van der Waals surface area contributed by atoms with Crippen molar-refractivity contribution in [2.45, 2.75) is 264 Å². The van der Waals surface area contributed by atoms with E-state index in [9.17, 15) is 19.8 Å². The average Bonchev–Trinajstić information content (AvgIpc) is 3.22. The SMILES string of the molecule is CC/C=C/C/C=C/C/C=C/CCCCCCCCC(=O)OC(CCCCC/C=C\CCCC)CC(=O)NC(CO)C(O)CCCCCCCCCCCCCCCC. The average molecular weight is 814 g/mol. The van der Waals surface area contributed by atoms with Crippen LogP contribution in [0.5, 0.6) is 0 Å². The Kier molecular flexibility index (Phi) is 44.2. The van der Waals surface area contributed by atoms with Crippen LogP contribution in [0.2, 0.25) is 0 Å². The topological polar surface area (TPSA) is 95.9 Å². The molecule has 0 aliphatic carbocycles. The molecule has 6 heteroatoms. The quantitative estimate of drug-likeness (QED) is 0.0323. The Morgan fingerprint density at radius 3 is 1.50 bits per heavy atom. The Hall–Kier alpha value is -2.18. The number of rotatable bonds is 44. The van der Waals surface area contributed by atoms with E-state index >= 15 is 0 Å². The van der Waals surface area contributed by atoms with Crippen LogP contribution in [0.4, 0.5) is 0 Å². The Morgan fingerprint density at radius 1 is 0.517 bits per heavy atom. The van der Waals surface area contributed by atoms with Crippen LogP contribution in [0.15, 0.2) is 48.6 Å². The van der Waals surface area contributed by atoms with Gasteiger partial charge in [0.05, 0.1) is 25.2 Å². The minimum atomic E-state index is -0.792.